The first-order valence-corrected chi connectivity index (χ1v) is 7.63. The molecule has 4 heteroatoms. The summed E-state index contributed by atoms with van der Waals surface area (Å²) < 4.78 is 16.5. The van der Waals surface area contributed by atoms with E-state index in [4.69, 9.17) is 14.2 Å². The predicted octanol–water partition coefficient (Wildman–Crippen LogP) is 2.79. The van der Waals surface area contributed by atoms with Crippen molar-refractivity contribution >= 4 is 0 Å². The molecular weight excluding hydrogens is 266 g/mol. The van der Waals surface area contributed by atoms with Crippen molar-refractivity contribution in [2.24, 2.45) is 0 Å². The van der Waals surface area contributed by atoms with Crippen molar-refractivity contribution in [3.05, 3.63) is 23.8 Å². The van der Waals surface area contributed by atoms with Crippen molar-refractivity contribution in [3.63, 3.8) is 0 Å². The van der Waals surface area contributed by atoms with Gasteiger partial charge in [0.2, 0.25) is 0 Å². The maximum Gasteiger partial charge on any atom is 0.160 e. The number of hydrogen-bond donors (Lipinski definition) is 1. The molecule has 0 radical (unpaired) electrons. The Balaban J connectivity index is 1.74. The monoisotopic (exact) mass is 293 g/mol. The predicted molar refractivity (Wildman–Crippen MR) is 84.3 cm³/mol. The van der Waals surface area contributed by atoms with Crippen molar-refractivity contribution in [1.82, 2.24) is 5.32 Å². The standard InChI is InChI=1S/C17H27NO3/c1-17(2)9-7-14(21-17)12-18-10-8-13-5-6-15(19-3)16(11-13)20-4/h5-6,11,14,18H,7-10,12H2,1-4H3. The van der Waals surface area contributed by atoms with Gasteiger partial charge in [-0.05, 0) is 57.4 Å². The number of methoxy groups -OCH3 is 2. The Morgan fingerprint density at radius 3 is 2.62 bits per heavy atom. The highest BCUT2D eigenvalue weighted by Gasteiger charge is 2.30. The highest BCUT2D eigenvalue weighted by molar-refractivity contribution is 5.42. The minimum atomic E-state index is 0.0513. The van der Waals surface area contributed by atoms with Crippen LogP contribution in [0.2, 0.25) is 0 Å². The van der Waals surface area contributed by atoms with Gasteiger partial charge in [-0.1, -0.05) is 6.07 Å². The summed E-state index contributed by atoms with van der Waals surface area (Å²) in [5.41, 5.74) is 1.29. The van der Waals surface area contributed by atoms with Crippen LogP contribution < -0.4 is 14.8 Å². The average molecular weight is 293 g/mol. The average Bonchev–Trinajstić information content (AvgIpc) is 2.82. The van der Waals surface area contributed by atoms with Crippen LogP contribution in [0.5, 0.6) is 11.5 Å². The van der Waals surface area contributed by atoms with Crippen LogP contribution in [0.15, 0.2) is 18.2 Å². The van der Waals surface area contributed by atoms with Gasteiger partial charge in [0.25, 0.3) is 0 Å². The molecule has 1 aliphatic heterocycles. The molecule has 1 heterocycles. The molecule has 1 aliphatic rings. The van der Waals surface area contributed by atoms with Gasteiger partial charge in [-0.15, -0.1) is 0 Å². The maximum absolute atomic E-state index is 5.97. The molecule has 1 saturated heterocycles. The van der Waals surface area contributed by atoms with Gasteiger partial charge >= 0.3 is 0 Å². The lowest BCUT2D eigenvalue weighted by molar-refractivity contribution is -0.0140. The Labute approximate surface area is 127 Å². The summed E-state index contributed by atoms with van der Waals surface area (Å²) in [7, 11) is 3.32. The minimum absolute atomic E-state index is 0.0513. The smallest absolute Gasteiger partial charge is 0.160 e. The van der Waals surface area contributed by atoms with E-state index < -0.39 is 0 Å². The van der Waals surface area contributed by atoms with Gasteiger partial charge in [-0.3, -0.25) is 0 Å². The zero-order valence-electron chi connectivity index (χ0n) is 13.6. The maximum atomic E-state index is 5.97. The number of hydrogen-bond acceptors (Lipinski definition) is 4. The summed E-state index contributed by atoms with van der Waals surface area (Å²) >= 11 is 0. The van der Waals surface area contributed by atoms with Crippen molar-refractivity contribution in [2.75, 3.05) is 27.3 Å². The van der Waals surface area contributed by atoms with Gasteiger partial charge in [0.15, 0.2) is 11.5 Å². The van der Waals surface area contributed by atoms with Crippen LogP contribution in [-0.4, -0.2) is 39.0 Å². The SMILES string of the molecule is COc1ccc(CCNCC2CCC(C)(C)O2)cc1OC. The third kappa shape index (κ3) is 4.61. The molecule has 1 aromatic rings. The first-order valence-electron chi connectivity index (χ1n) is 7.63. The molecule has 0 spiro atoms. The van der Waals surface area contributed by atoms with E-state index in [2.05, 4.69) is 25.2 Å². The van der Waals surface area contributed by atoms with Crippen LogP contribution in [0.25, 0.3) is 0 Å². The van der Waals surface area contributed by atoms with E-state index in [1.807, 2.05) is 12.1 Å². The molecule has 4 nitrogen and oxygen atoms in total. The molecule has 2 rings (SSSR count). The molecule has 1 N–H and O–H groups in total. The fraction of sp³-hybridized carbons (Fsp3) is 0.647. The normalized spacial score (nSPS) is 20.5. The van der Waals surface area contributed by atoms with Crippen molar-refractivity contribution in [2.45, 2.75) is 44.8 Å². The Hall–Kier alpha value is -1.26. The highest BCUT2D eigenvalue weighted by Crippen LogP contribution is 2.29. The van der Waals surface area contributed by atoms with Gasteiger partial charge in [-0.25, -0.2) is 0 Å². The molecule has 0 aliphatic carbocycles. The summed E-state index contributed by atoms with van der Waals surface area (Å²) in [4.78, 5) is 0. The Kier molecular flexibility index (Phi) is 5.48. The van der Waals surface area contributed by atoms with E-state index in [1.165, 1.54) is 5.56 Å². The van der Waals surface area contributed by atoms with Gasteiger partial charge in [0.1, 0.15) is 0 Å². The van der Waals surface area contributed by atoms with Crippen LogP contribution in [0.1, 0.15) is 32.3 Å². The summed E-state index contributed by atoms with van der Waals surface area (Å²) in [6.07, 6.45) is 3.62. The molecule has 21 heavy (non-hydrogen) atoms. The van der Waals surface area contributed by atoms with E-state index in [0.717, 1.165) is 43.9 Å². The van der Waals surface area contributed by atoms with Crippen LogP contribution in [0, 0.1) is 0 Å². The van der Waals surface area contributed by atoms with E-state index >= 15 is 0 Å². The Bertz CT molecular complexity index is 459. The van der Waals surface area contributed by atoms with Crippen LogP contribution in [0.3, 0.4) is 0 Å². The lowest BCUT2D eigenvalue weighted by Crippen LogP contribution is -2.30. The van der Waals surface area contributed by atoms with E-state index in [0.29, 0.717) is 6.10 Å². The van der Waals surface area contributed by atoms with Crippen LogP contribution >= 0.6 is 0 Å². The highest BCUT2D eigenvalue weighted by atomic mass is 16.5. The second kappa shape index (κ2) is 7.14. The molecule has 1 unspecified atom stereocenters. The first kappa shape index (κ1) is 16.1. The molecule has 0 aromatic heterocycles. The lowest BCUT2D eigenvalue weighted by atomic mass is 10.1. The zero-order chi connectivity index (χ0) is 15.3. The minimum Gasteiger partial charge on any atom is -0.493 e. The summed E-state index contributed by atoms with van der Waals surface area (Å²) in [5.74, 6) is 1.56. The fourth-order valence-corrected chi connectivity index (χ4v) is 2.75. The number of nitrogens with one attached hydrogen (secondary N) is 1. The van der Waals surface area contributed by atoms with Crippen molar-refractivity contribution in [3.8, 4) is 11.5 Å². The van der Waals surface area contributed by atoms with Crippen molar-refractivity contribution in [1.29, 1.82) is 0 Å². The van der Waals surface area contributed by atoms with Crippen molar-refractivity contribution < 1.29 is 14.2 Å². The first-order chi connectivity index (χ1) is 10.0. The molecular formula is C17H27NO3. The number of benzene rings is 1. The number of rotatable bonds is 7. The topological polar surface area (TPSA) is 39.7 Å². The Morgan fingerprint density at radius 2 is 2.00 bits per heavy atom. The summed E-state index contributed by atoms with van der Waals surface area (Å²) in [6.45, 7) is 6.19. The van der Waals surface area contributed by atoms with Gasteiger partial charge in [0.05, 0.1) is 25.9 Å². The Morgan fingerprint density at radius 1 is 1.24 bits per heavy atom. The van der Waals surface area contributed by atoms with E-state index in [-0.39, 0.29) is 5.60 Å². The molecule has 0 saturated carbocycles. The fourth-order valence-electron chi connectivity index (χ4n) is 2.75. The van der Waals surface area contributed by atoms with Gasteiger partial charge in [0, 0.05) is 6.54 Å². The third-order valence-electron chi connectivity index (χ3n) is 3.96. The van der Waals surface area contributed by atoms with Gasteiger partial charge < -0.3 is 19.5 Å². The molecule has 1 atom stereocenters. The molecule has 1 fully saturated rings. The lowest BCUT2D eigenvalue weighted by Gasteiger charge is -2.19. The summed E-state index contributed by atoms with van der Waals surface area (Å²) in [6, 6.07) is 6.07. The van der Waals surface area contributed by atoms with Gasteiger partial charge in [-0.2, -0.15) is 0 Å². The zero-order valence-corrected chi connectivity index (χ0v) is 13.6. The van der Waals surface area contributed by atoms with Crippen LogP contribution in [0.4, 0.5) is 0 Å². The molecule has 118 valence electrons. The second-order valence-electron chi connectivity index (χ2n) is 6.18. The number of ether oxygens (including phenoxy) is 3. The van der Waals surface area contributed by atoms with E-state index in [1.54, 1.807) is 14.2 Å². The molecule has 0 bridgehead atoms. The molecule has 1 aromatic carbocycles. The third-order valence-corrected chi connectivity index (χ3v) is 3.96. The molecule has 0 amide bonds. The van der Waals surface area contributed by atoms with E-state index in [9.17, 15) is 0 Å². The quantitative estimate of drug-likeness (QED) is 0.785. The second-order valence-corrected chi connectivity index (χ2v) is 6.18. The summed E-state index contributed by atoms with van der Waals surface area (Å²) in [5, 5.41) is 3.48. The largest absolute Gasteiger partial charge is 0.493 e. The van der Waals surface area contributed by atoms with Crippen LogP contribution in [-0.2, 0) is 11.2 Å².